The van der Waals surface area contributed by atoms with Gasteiger partial charge in [-0.1, -0.05) is 0 Å². The Bertz CT molecular complexity index is 582. The summed E-state index contributed by atoms with van der Waals surface area (Å²) < 4.78 is 5.29. The van der Waals surface area contributed by atoms with Crippen molar-refractivity contribution in [2.24, 2.45) is 11.7 Å². The summed E-state index contributed by atoms with van der Waals surface area (Å²) in [6, 6.07) is 5.37. The average Bonchev–Trinajstić information content (AvgIpc) is 3.08. The highest BCUT2D eigenvalue weighted by molar-refractivity contribution is 5.94. The van der Waals surface area contributed by atoms with E-state index in [4.69, 9.17) is 10.2 Å². The number of hydrogen-bond acceptors (Lipinski definition) is 5. The maximum absolute atomic E-state index is 11.9. The number of aromatic nitrogens is 2. The minimum atomic E-state index is 0.0204. The van der Waals surface area contributed by atoms with Crippen molar-refractivity contribution in [3.8, 4) is 11.5 Å². The predicted octanol–water partition coefficient (Wildman–Crippen LogP) is 1.05. The Hall–Kier alpha value is -2.21. The molecule has 0 radical (unpaired) electrons. The Labute approximate surface area is 110 Å². The lowest BCUT2D eigenvalue weighted by Gasteiger charge is -2.14. The summed E-state index contributed by atoms with van der Waals surface area (Å²) >= 11 is 0. The Morgan fingerprint density at radius 2 is 2.37 bits per heavy atom. The molecule has 0 bridgehead atoms. The first-order valence-electron chi connectivity index (χ1n) is 6.15. The number of anilines is 1. The first kappa shape index (κ1) is 11.9. The van der Waals surface area contributed by atoms with Gasteiger partial charge in [0, 0.05) is 19.2 Å². The van der Waals surface area contributed by atoms with E-state index < -0.39 is 0 Å². The van der Waals surface area contributed by atoms with Crippen LogP contribution in [-0.2, 0) is 4.79 Å². The van der Waals surface area contributed by atoms with Gasteiger partial charge in [0.2, 0.25) is 11.9 Å². The molecule has 1 aliphatic rings. The summed E-state index contributed by atoms with van der Waals surface area (Å²) in [4.78, 5) is 22.0. The maximum Gasteiger partial charge on any atom is 0.232 e. The molecule has 1 atom stereocenters. The third-order valence-electron chi connectivity index (χ3n) is 3.20. The molecule has 2 aromatic rings. The zero-order valence-corrected chi connectivity index (χ0v) is 10.3. The summed E-state index contributed by atoms with van der Waals surface area (Å²) in [5, 5.41) is 0. The van der Waals surface area contributed by atoms with Crippen molar-refractivity contribution in [1.29, 1.82) is 0 Å². The highest BCUT2D eigenvalue weighted by Gasteiger charge is 2.31. The molecular weight excluding hydrogens is 244 g/mol. The second-order valence-corrected chi connectivity index (χ2v) is 4.53. The summed E-state index contributed by atoms with van der Waals surface area (Å²) in [7, 11) is 0. The van der Waals surface area contributed by atoms with E-state index in [2.05, 4.69) is 9.97 Å². The lowest BCUT2D eigenvalue weighted by molar-refractivity contribution is -0.117. The Balaban J connectivity index is 1.90. The molecule has 2 aromatic heterocycles. The van der Waals surface area contributed by atoms with Crippen LogP contribution in [0.3, 0.4) is 0 Å². The molecule has 19 heavy (non-hydrogen) atoms. The van der Waals surface area contributed by atoms with Crippen LogP contribution >= 0.6 is 0 Å². The first-order valence-corrected chi connectivity index (χ1v) is 6.15. The van der Waals surface area contributed by atoms with E-state index in [9.17, 15) is 4.79 Å². The van der Waals surface area contributed by atoms with Gasteiger partial charge < -0.3 is 10.2 Å². The predicted molar refractivity (Wildman–Crippen MR) is 69.2 cm³/mol. The van der Waals surface area contributed by atoms with Crippen molar-refractivity contribution in [1.82, 2.24) is 9.97 Å². The van der Waals surface area contributed by atoms with Crippen molar-refractivity contribution in [3.63, 3.8) is 0 Å². The fourth-order valence-electron chi connectivity index (χ4n) is 2.17. The molecule has 2 N–H and O–H groups in total. The van der Waals surface area contributed by atoms with E-state index in [0.29, 0.717) is 36.9 Å². The third-order valence-corrected chi connectivity index (χ3v) is 3.20. The molecule has 0 saturated carbocycles. The summed E-state index contributed by atoms with van der Waals surface area (Å²) in [5.74, 6) is 1.27. The van der Waals surface area contributed by atoms with Gasteiger partial charge >= 0.3 is 0 Å². The average molecular weight is 258 g/mol. The van der Waals surface area contributed by atoms with Gasteiger partial charge in [-0.2, -0.15) is 0 Å². The number of rotatable bonds is 3. The first-order chi connectivity index (χ1) is 9.28. The summed E-state index contributed by atoms with van der Waals surface area (Å²) in [6.45, 7) is 1.08. The number of carbonyl (C=O) groups excluding carboxylic acids is 1. The number of nitrogens with two attached hydrogens (primary N) is 1. The number of hydrogen-bond donors (Lipinski definition) is 1. The van der Waals surface area contributed by atoms with Crippen LogP contribution in [0.2, 0.25) is 0 Å². The lowest BCUT2D eigenvalue weighted by Crippen LogP contribution is -2.27. The largest absolute Gasteiger partial charge is 0.463 e. The van der Waals surface area contributed by atoms with Gasteiger partial charge in [0.15, 0.2) is 5.76 Å². The second-order valence-electron chi connectivity index (χ2n) is 4.53. The van der Waals surface area contributed by atoms with Gasteiger partial charge in [0.1, 0.15) is 5.69 Å². The van der Waals surface area contributed by atoms with Crippen molar-refractivity contribution < 1.29 is 9.21 Å². The fourth-order valence-corrected chi connectivity index (χ4v) is 2.17. The molecule has 6 heteroatoms. The van der Waals surface area contributed by atoms with Crippen LogP contribution in [0.5, 0.6) is 0 Å². The molecule has 1 aliphatic heterocycles. The topological polar surface area (TPSA) is 85.3 Å². The molecule has 0 spiro atoms. The molecule has 3 rings (SSSR count). The van der Waals surface area contributed by atoms with Crippen molar-refractivity contribution >= 4 is 11.9 Å². The minimum Gasteiger partial charge on any atom is -0.463 e. The number of nitrogens with zero attached hydrogens (tertiary/aromatic N) is 3. The Morgan fingerprint density at radius 3 is 3.05 bits per heavy atom. The highest BCUT2D eigenvalue weighted by atomic mass is 16.3. The van der Waals surface area contributed by atoms with E-state index in [1.54, 1.807) is 29.5 Å². The van der Waals surface area contributed by atoms with Crippen molar-refractivity contribution in [2.75, 3.05) is 18.0 Å². The second kappa shape index (κ2) is 4.81. The standard InChI is InChI=1S/C13H14N4O2/c14-7-9-6-12(18)17(8-9)13-15-4-3-10(16-13)11-2-1-5-19-11/h1-5,9H,6-8,14H2. The summed E-state index contributed by atoms with van der Waals surface area (Å²) in [5.41, 5.74) is 6.27. The van der Waals surface area contributed by atoms with Crippen LogP contribution in [0.15, 0.2) is 35.1 Å². The van der Waals surface area contributed by atoms with Crippen LogP contribution in [-0.4, -0.2) is 29.0 Å². The fraction of sp³-hybridized carbons (Fsp3) is 0.308. The molecule has 0 aliphatic carbocycles. The quantitative estimate of drug-likeness (QED) is 0.889. The van der Waals surface area contributed by atoms with Crippen molar-refractivity contribution in [2.45, 2.75) is 6.42 Å². The smallest absolute Gasteiger partial charge is 0.232 e. The van der Waals surface area contributed by atoms with Gasteiger partial charge in [-0.05, 0) is 30.7 Å². The number of carbonyl (C=O) groups is 1. The van der Waals surface area contributed by atoms with E-state index in [0.717, 1.165) is 0 Å². The van der Waals surface area contributed by atoms with Crippen LogP contribution < -0.4 is 10.6 Å². The maximum atomic E-state index is 11.9. The van der Waals surface area contributed by atoms with E-state index in [-0.39, 0.29) is 11.8 Å². The molecule has 1 fully saturated rings. The van der Waals surface area contributed by atoms with Crippen LogP contribution in [0.25, 0.3) is 11.5 Å². The van der Waals surface area contributed by atoms with Gasteiger partial charge in [0.05, 0.1) is 6.26 Å². The molecule has 1 unspecified atom stereocenters. The molecule has 6 nitrogen and oxygen atoms in total. The minimum absolute atomic E-state index is 0.0204. The molecular formula is C13H14N4O2. The third kappa shape index (κ3) is 2.22. The monoisotopic (exact) mass is 258 g/mol. The number of furan rings is 1. The van der Waals surface area contributed by atoms with E-state index in [1.807, 2.05) is 6.07 Å². The Morgan fingerprint density at radius 1 is 1.47 bits per heavy atom. The van der Waals surface area contributed by atoms with Gasteiger partial charge in [-0.3, -0.25) is 9.69 Å². The molecule has 98 valence electrons. The molecule has 0 aromatic carbocycles. The zero-order valence-electron chi connectivity index (χ0n) is 10.3. The number of amides is 1. The van der Waals surface area contributed by atoms with Gasteiger partial charge in [-0.15, -0.1) is 0 Å². The molecule has 1 saturated heterocycles. The van der Waals surface area contributed by atoms with Gasteiger partial charge in [0.25, 0.3) is 0 Å². The van der Waals surface area contributed by atoms with Gasteiger partial charge in [-0.25, -0.2) is 9.97 Å². The van der Waals surface area contributed by atoms with E-state index in [1.165, 1.54) is 0 Å². The molecule has 1 amide bonds. The molecule has 3 heterocycles. The zero-order chi connectivity index (χ0) is 13.2. The summed E-state index contributed by atoms with van der Waals surface area (Å²) in [6.07, 6.45) is 3.68. The van der Waals surface area contributed by atoms with Crippen molar-refractivity contribution in [3.05, 3.63) is 30.7 Å². The van der Waals surface area contributed by atoms with Crippen LogP contribution in [0.1, 0.15) is 6.42 Å². The van der Waals surface area contributed by atoms with Crippen LogP contribution in [0.4, 0.5) is 5.95 Å². The van der Waals surface area contributed by atoms with Crippen LogP contribution in [0, 0.1) is 5.92 Å². The van der Waals surface area contributed by atoms with E-state index >= 15 is 0 Å². The Kier molecular flexibility index (Phi) is 3.00. The lowest BCUT2D eigenvalue weighted by atomic mass is 10.1. The highest BCUT2D eigenvalue weighted by Crippen LogP contribution is 2.24. The normalized spacial score (nSPS) is 19.1. The SMILES string of the molecule is NCC1CC(=O)N(c2nccc(-c3ccco3)n2)C1.